The maximum absolute atomic E-state index is 13.3. The molecule has 8 nitrogen and oxygen atoms in total. The number of rotatable bonds is 3. The fourth-order valence-corrected chi connectivity index (χ4v) is 6.46. The van der Waals surface area contributed by atoms with Gasteiger partial charge in [-0.25, -0.2) is 8.42 Å². The zero-order valence-electron chi connectivity index (χ0n) is 17.8. The highest BCUT2D eigenvalue weighted by Gasteiger charge is 2.36. The fourth-order valence-electron chi connectivity index (χ4n) is 4.76. The molecule has 0 bridgehead atoms. The van der Waals surface area contributed by atoms with Gasteiger partial charge in [-0.3, -0.25) is 9.59 Å². The second kappa shape index (κ2) is 7.90. The molecule has 2 aromatic carbocycles. The molecule has 1 fully saturated rings. The summed E-state index contributed by atoms with van der Waals surface area (Å²) < 4.78 is 33.5. The summed E-state index contributed by atoms with van der Waals surface area (Å²) in [5.41, 5.74) is 3.18. The molecule has 5 rings (SSSR count). The molecule has 0 unspecified atom stereocenters. The Morgan fingerprint density at radius 1 is 1.12 bits per heavy atom. The monoisotopic (exact) mass is 455 g/mol. The van der Waals surface area contributed by atoms with Gasteiger partial charge in [0, 0.05) is 37.3 Å². The summed E-state index contributed by atoms with van der Waals surface area (Å²) in [5.74, 6) is -0.0108. The lowest BCUT2D eigenvalue weighted by Gasteiger charge is -2.33. The number of nitrogens with one attached hydrogen (secondary N) is 1. The number of hydrogen-bond donors (Lipinski definition) is 1. The number of para-hydroxylation sites is 1. The van der Waals surface area contributed by atoms with Crippen molar-refractivity contribution in [3.05, 3.63) is 47.5 Å². The molecule has 2 aromatic rings. The first-order valence-corrected chi connectivity index (χ1v) is 12.3. The van der Waals surface area contributed by atoms with E-state index in [2.05, 4.69) is 5.32 Å². The molecule has 3 aliphatic heterocycles. The smallest absolute Gasteiger partial charge is 0.262 e. The number of fused-ring (bicyclic) bond motifs is 2. The number of carbonyl (C=O) groups excluding carboxylic acids is 2. The summed E-state index contributed by atoms with van der Waals surface area (Å²) in [6.07, 6.45) is 1.84. The fraction of sp³-hybridized carbons (Fsp3) is 0.391. The van der Waals surface area contributed by atoms with Crippen LogP contribution >= 0.6 is 0 Å². The highest BCUT2D eigenvalue weighted by molar-refractivity contribution is 7.89. The molecule has 32 heavy (non-hydrogen) atoms. The van der Waals surface area contributed by atoms with E-state index in [-0.39, 0.29) is 29.2 Å². The first kappa shape index (κ1) is 21.0. The molecule has 3 heterocycles. The highest BCUT2D eigenvalue weighted by Crippen LogP contribution is 2.36. The number of aryl methyl sites for hydroxylation is 1. The lowest BCUT2D eigenvalue weighted by Crippen LogP contribution is -2.44. The Morgan fingerprint density at radius 3 is 2.66 bits per heavy atom. The molecule has 0 aliphatic carbocycles. The van der Waals surface area contributed by atoms with Gasteiger partial charge in [-0.15, -0.1) is 0 Å². The minimum Gasteiger partial charge on any atom is -0.482 e. The van der Waals surface area contributed by atoms with Crippen molar-refractivity contribution in [1.82, 2.24) is 4.31 Å². The van der Waals surface area contributed by atoms with E-state index < -0.39 is 10.0 Å². The van der Waals surface area contributed by atoms with Crippen LogP contribution in [0, 0.1) is 12.8 Å². The van der Waals surface area contributed by atoms with Crippen LogP contribution in [0.2, 0.25) is 0 Å². The maximum atomic E-state index is 13.3. The molecule has 3 aliphatic rings. The molecule has 1 saturated heterocycles. The number of hydrogen-bond acceptors (Lipinski definition) is 5. The Morgan fingerprint density at radius 2 is 1.88 bits per heavy atom. The Bertz CT molecular complexity index is 1200. The van der Waals surface area contributed by atoms with Crippen molar-refractivity contribution < 1.29 is 22.7 Å². The van der Waals surface area contributed by atoms with Crippen LogP contribution in [0.5, 0.6) is 5.75 Å². The lowest BCUT2D eigenvalue weighted by atomic mass is 9.96. The predicted molar refractivity (Wildman–Crippen MR) is 119 cm³/mol. The normalized spacial score (nSPS) is 19.2. The summed E-state index contributed by atoms with van der Waals surface area (Å²) in [6.45, 7) is 2.84. The topological polar surface area (TPSA) is 96.0 Å². The molecule has 0 saturated carbocycles. The third kappa shape index (κ3) is 3.55. The van der Waals surface area contributed by atoms with Crippen molar-refractivity contribution in [2.24, 2.45) is 5.92 Å². The molecule has 0 aromatic heterocycles. The van der Waals surface area contributed by atoms with E-state index in [0.29, 0.717) is 49.5 Å². The van der Waals surface area contributed by atoms with E-state index in [1.54, 1.807) is 13.0 Å². The summed E-state index contributed by atoms with van der Waals surface area (Å²) in [6, 6.07) is 11.1. The molecule has 0 radical (unpaired) electrons. The number of amides is 2. The van der Waals surface area contributed by atoms with Crippen molar-refractivity contribution in [2.75, 3.05) is 36.5 Å². The minimum absolute atomic E-state index is 0.0844. The van der Waals surface area contributed by atoms with Crippen LogP contribution in [0.3, 0.4) is 0 Å². The second-order valence-electron chi connectivity index (χ2n) is 8.50. The van der Waals surface area contributed by atoms with Gasteiger partial charge in [-0.1, -0.05) is 18.2 Å². The Labute approximate surface area is 187 Å². The van der Waals surface area contributed by atoms with Gasteiger partial charge >= 0.3 is 0 Å². The maximum Gasteiger partial charge on any atom is 0.262 e. The summed E-state index contributed by atoms with van der Waals surface area (Å²) in [5, 5.41) is 2.70. The van der Waals surface area contributed by atoms with Crippen LogP contribution < -0.4 is 15.0 Å². The molecular weight excluding hydrogens is 430 g/mol. The molecular formula is C23H25N3O5S. The quantitative estimate of drug-likeness (QED) is 0.766. The van der Waals surface area contributed by atoms with Gasteiger partial charge in [0.2, 0.25) is 15.9 Å². The predicted octanol–water partition coefficient (Wildman–Crippen LogP) is 2.32. The van der Waals surface area contributed by atoms with Gasteiger partial charge in [-0.05, 0) is 49.4 Å². The lowest BCUT2D eigenvalue weighted by molar-refractivity contribution is -0.123. The van der Waals surface area contributed by atoms with Crippen LogP contribution in [-0.2, 0) is 26.0 Å². The third-order valence-electron chi connectivity index (χ3n) is 6.48. The van der Waals surface area contributed by atoms with E-state index in [1.165, 1.54) is 15.9 Å². The van der Waals surface area contributed by atoms with Crippen molar-refractivity contribution >= 4 is 33.2 Å². The average Bonchev–Trinajstić information content (AvgIpc) is 3.22. The molecule has 0 atom stereocenters. The summed E-state index contributed by atoms with van der Waals surface area (Å²) in [7, 11) is -3.74. The number of ether oxygens (including phenoxy) is 1. The Hall–Kier alpha value is -2.91. The number of piperidine rings is 1. The number of benzene rings is 2. The van der Waals surface area contributed by atoms with E-state index >= 15 is 0 Å². The standard InChI is InChI=1S/C23H25N3O5S/c1-15-12-18-20(31-14-22(27)24-18)13-21(15)32(29,30)25-9-6-17(7-10-25)23(28)26-11-8-16-4-2-3-5-19(16)26/h2-5,12-13,17H,6-11,14H2,1H3,(H,24,27). The molecule has 0 spiro atoms. The SMILES string of the molecule is Cc1cc2c(cc1S(=O)(=O)N1CCC(C(=O)N3CCc4ccccc43)CC1)OCC(=O)N2. The Balaban J connectivity index is 1.30. The first-order chi connectivity index (χ1) is 15.3. The van der Waals surface area contributed by atoms with Gasteiger partial charge in [0.05, 0.1) is 10.6 Å². The van der Waals surface area contributed by atoms with Crippen LogP contribution in [0.15, 0.2) is 41.3 Å². The molecule has 168 valence electrons. The average molecular weight is 456 g/mol. The third-order valence-corrected chi connectivity index (χ3v) is 8.52. The van der Waals surface area contributed by atoms with Crippen molar-refractivity contribution in [1.29, 1.82) is 0 Å². The van der Waals surface area contributed by atoms with Crippen LogP contribution in [0.4, 0.5) is 11.4 Å². The van der Waals surface area contributed by atoms with E-state index in [9.17, 15) is 18.0 Å². The van der Waals surface area contributed by atoms with Crippen molar-refractivity contribution in [3.63, 3.8) is 0 Å². The minimum atomic E-state index is -3.74. The zero-order chi connectivity index (χ0) is 22.5. The van der Waals surface area contributed by atoms with Gasteiger partial charge < -0.3 is 15.0 Å². The van der Waals surface area contributed by atoms with Gasteiger partial charge in [0.25, 0.3) is 5.91 Å². The van der Waals surface area contributed by atoms with Crippen molar-refractivity contribution in [3.8, 4) is 5.75 Å². The summed E-state index contributed by atoms with van der Waals surface area (Å²) >= 11 is 0. The molecule has 9 heteroatoms. The zero-order valence-corrected chi connectivity index (χ0v) is 18.7. The number of sulfonamides is 1. The van der Waals surface area contributed by atoms with E-state index in [4.69, 9.17) is 4.74 Å². The van der Waals surface area contributed by atoms with E-state index in [1.807, 2.05) is 29.2 Å². The van der Waals surface area contributed by atoms with Gasteiger partial charge in [0.1, 0.15) is 5.75 Å². The largest absolute Gasteiger partial charge is 0.482 e. The first-order valence-electron chi connectivity index (χ1n) is 10.8. The molecule has 1 N–H and O–H groups in total. The number of nitrogens with zero attached hydrogens (tertiary/aromatic N) is 2. The van der Waals surface area contributed by atoms with Crippen molar-refractivity contribution in [2.45, 2.75) is 31.1 Å². The molecule has 2 amide bonds. The van der Waals surface area contributed by atoms with Gasteiger partial charge in [-0.2, -0.15) is 4.31 Å². The number of anilines is 2. The van der Waals surface area contributed by atoms with Crippen LogP contribution in [-0.4, -0.2) is 50.8 Å². The van der Waals surface area contributed by atoms with E-state index in [0.717, 1.165) is 12.1 Å². The number of carbonyl (C=O) groups is 2. The highest BCUT2D eigenvalue weighted by atomic mass is 32.2. The van der Waals surface area contributed by atoms with Gasteiger partial charge in [0.15, 0.2) is 6.61 Å². The second-order valence-corrected chi connectivity index (χ2v) is 10.4. The Kier molecular flexibility index (Phi) is 5.17. The summed E-state index contributed by atoms with van der Waals surface area (Å²) in [4.78, 5) is 26.7. The van der Waals surface area contributed by atoms with Crippen LogP contribution in [0.1, 0.15) is 24.0 Å². The van der Waals surface area contributed by atoms with Crippen LogP contribution in [0.25, 0.3) is 0 Å².